The van der Waals surface area contributed by atoms with Crippen LogP contribution in [-0.2, 0) is 4.79 Å². The van der Waals surface area contributed by atoms with Gasteiger partial charge in [0.05, 0.1) is 12.5 Å². The predicted octanol–water partition coefficient (Wildman–Crippen LogP) is 1.40. The number of carbonyl (C=O) groups is 1. The molecule has 1 aliphatic rings. The van der Waals surface area contributed by atoms with E-state index in [2.05, 4.69) is 19.9 Å². The molecule has 0 saturated carbocycles. The molecule has 0 aromatic carbocycles. The Hall–Kier alpha value is -1.04. The van der Waals surface area contributed by atoms with Gasteiger partial charge in [-0.3, -0.25) is 4.79 Å². The highest BCUT2D eigenvalue weighted by molar-refractivity contribution is 5.78. The summed E-state index contributed by atoms with van der Waals surface area (Å²) >= 11 is 0. The molecule has 0 aromatic heterocycles. The summed E-state index contributed by atoms with van der Waals surface area (Å²) in [6.45, 7) is 5.74. The van der Waals surface area contributed by atoms with Crippen LogP contribution in [0.4, 0.5) is 0 Å². The Bertz CT molecular complexity index is 230. The highest BCUT2D eigenvalue weighted by Gasteiger charge is 2.30. The summed E-state index contributed by atoms with van der Waals surface area (Å²) in [5, 5.41) is 8.40. The molecular formula is C10H16N2O. The lowest BCUT2D eigenvalue weighted by atomic mass is 9.95. The molecule has 1 saturated heterocycles. The highest BCUT2D eigenvalue weighted by Crippen LogP contribution is 2.24. The van der Waals surface area contributed by atoms with Crippen molar-refractivity contribution in [3.05, 3.63) is 0 Å². The van der Waals surface area contributed by atoms with Gasteiger partial charge in [-0.15, -0.1) is 0 Å². The first-order chi connectivity index (χ1) is 6.15. The normalized spacial score (nSPS) is 22.5. The molecule has 1 rings (SSSR count). The van der Waals surface area contributed by atoms with E-state index in [9.17, 15) is 4.79 Å². The smallest absolute Gasteiger partial charge is 0.222 e. The topological polar surface area (TPSA) is 44.1 Å². The van der Waals surface area contributed by atoms with Gasteiger partial charge in [0.25, 0.3) is 0 Å². The van der Waals surface area contributed by atoms with E-state index in [0.717, 1.165) is 6.54 Å². The average Bonchev–Trinajstić information content (AvgIpc) is 2.44. The molecule has 1 aliphatic heterocycles. The zero-order valence-electron chi connectivity index (χ0n) is 8.29. The molecule has 1 unspecified atom stereocenters. The molecule has 0 spiro atoms. The van der Waals surface area contributed by atoms with Crippen LogP contribution in [0, 0.1) is 23.2 Å². The quantitative estimate of drug-likeness (QED) is 0.659. The number of likely N-dealkylation sites (tertiary alicyclic amines) is 1. The largest absolute Gasteiger partial charge is 0.341 e. The second-order valence-corrected chi connectivity index (χ2v) is 3.96. The van der Waals surface area contributed by atoms with Crippen molar-refractivity contribution >= 4 is 5.91 Å². The first-order valence-electron chi connectivity index (χ1n) is 4.80. The zero-order chi connectivity index (χ0) is 9.84. The fourth-order valence-electron chi connectivity index (χ4n) is 1.65. The minimum Gasteiger partial charge on any atom is -0.341 e. The van der Waals surface area contributed by atoms with Gasteiger partial charge in [0, 0.05) is 19.5 Å². The second-order valence-electron chi connectivity index (χ2n) is 3.96. The Kier molecular flexibility index (Phi) is 3.30. The maximum atomic E-state index is 11.4. The third-order valence-corrected chi connectivity index (χ3v) is 2.68. The van der Waals surface area contributed by atoms with E-state index in [1.165, 1.54) is 0 Å². The van der Waals surface area contributed by atoms with E-state index in [0.29, 0.717) is 31.2 Å². The van der Waals surface area contributed by atoms with Crippen molar-refractivity contribution in [2.45, 2.75) is 26.7 Å². The number of rotatable bonds is 3. The van der Waals surface area contributed by atoms with Gasteiger partial charge < -0.3 is 4.90 Å². The van der Waals surface area contributed by atoms with E-state index in [1.807, 2.05) is 4.90 Å². The molecule has 1 heterocycles. The molecule has 13 heavy (non-hydrogen) atoms. The van der Waals surface area contributed by atoms with E-state index in [1.54, 1.807) is 0 Å². The lowest BCUT2D eigenvalue weighted by Gasteiger charge is -2.16. The molecular weight excluding hydrogens is 164 g/mol. The van der Waals surface area contributed by atoms with Crippen LogP contribution in [0.25, 0.3) is 0 Å². The van der Waals surface area contributed by atoms with Gasteiger partial charge in [-0.2, -0.15) is 5.26 Å². The second kappa shape index (κ2) is 4.27. The number of nitriles is 1. The molecule has 0 aromatic rings. The van der Waals surface area contributed by atoms with Crippen molar-refractivity contribution in [3.8, 4) is 6.07 Å². The van der Waals surface area contributed by atoms with Gasteiger partial charge in [-0.1, -0.05) is 13.8 Å². The van der Waals surface area contributed by atoms with Crippen LogP contribution in [0.1, 0.15) is 26.7 Å². The molecule has 3 nitrogen and oxygen atoms in total. The average molecular weight is 180 g/mol. The van der Waals surface area contributed by atoms with Crippen LogP contribution in [-0.4, -0.2) is 23.9 Å². The number of amides is 1. The third-order valence-electron chi connectivity index (χ3n) is 2.68. The number of carbonyl (C=O) groups excluding carboxylic acids is 1. The Labute approximate surface area is 79.3 Å². The third kappa shape index (κ3) is 2.45. The molecule has 0 radical (unpaired) electrons. The van der Waals surface area contributed by atoms with Crippen LogP contribution < -0.4 is 0 Å². The monoisotopic (exact) mass is 180 g/mol. The van der Waals surface area contributed by atoms with Crippen LogP contribution in [0.5, 0.6) is 0 Å². The lowest BCUT2D eigenvalue weighted by molar-refractivity contribution is -0.127. The summed E-state index contributed by atoms with van der Waals surface area (Å²) in [6, 6.07) is 2.07. The number of hydrogen-bond donors (Lipinski definition) is 0. The van der Waals surface area contributed by atoms with Crippen molar-refractivity contribution < 1.29 is 4.79 Å². The fourth-order valence-corrected chi connectivity index (χ4v) is 1.65. The summed E-state index contributed by atoms with van der Waals surface area (Å²) in [4.78, 5) is 13.2. The van der Waals surface area contributed by atoms with Gasteiger partial charge in [-0.25, -0.2) is 0 Å². The van der Waals surface area contributed by atoms with Crippen molar-refractivity contribution in [1.29, 1.82) is 5.26 Å². The van der Waals surface area contributed by atoms with Crippen LogP contribution in [0.15, 0.2) is 0 Å². The maximum absolute atomic E-state index is 11.4. The van der Waals surface area contributed by atoms with Crippen molar-refractivity contribution in [2.24, 2.45) is 11.8 Å². The van der Waals surface area contributed by atoms with Crippen LogP contribution in [0.3, 0.4) is 0 Å². The Morgan fingerprint density at radius 2 is 2.38 bits per heavy atom. The Morgan fingerprint density at radius 1 is 1.69 bits per heavy atom. The summed E-state index contributed by atoms with van der Waals surface area (Å²) in [6.07, 6.45) is 1.12. The molecule has 0 aliphatic carbocycles. The molecule has 1 fully saturated rings. The SMILES string of the molecule is CC(C)C1CC(=O)N(CCC#N)C1. The summed E-state index contributed by atoms with van der Waals surface area (Å²) < 4.78 is 0. The molecule has 1 amide bonds. The van der Waals surface area contributed by atoms with Crippen molar-refractivity contribution in [1.82, 2.24) is 4.90 Å². The molecule has 1 atom stereocenters. The Balaban J connectivity index is 2.43. The first kappa shape index (κ1) is 10.0. The lowest BCUT2D eigenvalue weighted by Crippen LogP contribution is -2.26. The minimum absolute atomic E-state index is 0.217. The molecule has 0 N–H and O–H groups in total. The maximum Gasteiger partial charge on any atom is 0.222 e. The van der Waals surface area contributed by atoms with E-state index < -0.39 is 0 Å². The van der Waals surface area contributed by atoms with Crippen molar-refractivity contribution in [2.75, 3.05) is 13.1 Å². The van der Waals surface area contributed by atoms with E-state index in [4.69, 9.17) is 5.26 Å². The number of hydrogen-bond acceptors (Lipinski definition) is 2. The van der Waals surface area contributed by atoms with Crippen LogP contribution >= 0.6 is 0 Å². The number of nitrogens with zero attached hydrogens (tertiary/aromatic N) is 2. The van der Waals surface area contributed by atoms with Gasteiger partial charge in [0.15, 0.2) is 0 Å². The van der Waals surface area contributed by atoms with E-state index >= 15 is 0 Å². The standard InChI is InChI=1S/C10H16N2O/c1-8(2)9-6-10(13)12(7-9)5-3-4-11/h8-9H,3,5-7H2,1-2H3. The van der Waals surface area contributed by atoms with Gasteiger partial charge in [0.2, 0.25) is 5.91 Å². The summed E-state index contributed by atoms with van der Waals surface area (Å²) in [5.74, 6) is 1.27. The van der Waals surface area contributed by atoms with Crippen LogP contribution in [0.2, 0.25) is 0 Å². The highest BCUT2D eigenvalue weighted by atomic mass is 16.2. The first-order valence-corrected chi connectivity index (χ1v) is 4.80. The van der Waals surface area contributed by atoms with Crippen molar-refractivity contribution in [3.63, 3.8) is 0 Å². The van der Waals surface area contributed by atoms with Gasteiger partial charge >= 0.3 is 0 Å². The summed E-state index contributed by atoms with van der Waals surface area (Å²) in [7, 11) is 0. The zero-order valence-corrected chi connectivity index (χ0v) is 8.29. The summed E-state index contributed by atoms with van der Waals surface area (Å²) in [5.41, 5.74) is 0. The molecule has 0 bridgehead atoms. The van der Waals surface area contributed by atoms with E-state index in [-0.39, 0.29) is 5.91 Å². The van der Waals surface area contributed by atoms with Gasteiger partial charge in [-0.05, 0) is 11.8 Å². The molecule has 3 heteroatoms. The Morgan fingerprint density at radius 3 is 2.85 bits per heavy atom. The predicted molar refractivity (Wildman–Crippen MR) is 49.8 cm³/mol. The molecule has 72 valence electrons. The van der Waals surface area contributed by atoms with Gasteiger partial charge in [0.1, 0.15) is 0 Å². The fraction of sp³-hybridized carbons (Fsp3) is 0.800. The minimum atomic E-state index is 0.217.